The van der Waals surface area contributed by atoms with Gasteiger partial charge in [0.1, 0.15) is 5.75 Å². The Balaban J connectivity index is 1.35. The summed E-state index contributed by atoms with van der Waals surface area (Å²) < 4.78 is 5.36. The van der Waals surface area contributed by atoms with E-state index in [0.717, 1.165) is 55.6 Å². The van der Waals surface area contributed by atoms with E-state index in [9.17, 15) is 15.0 Å². The minimum absolute atomic E-state index is 0.120. The number of hydrogen-bond acceptors (Lipinski definition) is 6. The molecule has 0 spiro atoms. The van der Waals surface area contributed by atoms with Crippen LogP contribution in [0, 0.1) is 12.3 Å². The molecule has 0 bridgehead atoms. The summed E-state index contributed by atoms with van der Waals surface area (Å²) in [6.45, 7) is 4.90. The first kappa shape index (κ1) is 28.7. The molecule has 0 aliphatic carbocycles. The molecule has 1 saturated heterocycles. The van der Waals surface area contributed by atoms with E-state index in [4.69, 9.17) is 16.3 Å². The highest BCUT2D eigenvalue weighted by atomic mass is 35.5. The number of rotatable bonds is 12. The van der Waals surface area contributed by atoms with Crippen LogP contribution in [0.5, 0.6) is 5.75 Å². The first-order valence-electron chi connectivity index (χ1n) is 13.2. The number of aliphatic hydroxyl groups is 1. The van der Waals surface area contributed by atoms with Crippen LogP contribution in [0.25, 0.3) is 10.9 Å². The van der Waals surface area contributed by atoms with Crippen LogP contribution < -0.4 is 4.74 Å². The Kier molecular flexibility index (Phi) is 9.93. The summed E-state index contributed by atoms with van der Waals surface area (Å²) in [6, 6.07) is 14.1. The number of methoxy groups -OCH3 is 1. The van der Waals surface area contributed by atoms with E-state index in [1.54, 1.807) is 13.3 Å². The van der Waals surface area contributed by atoms with Crippen LogP contribution in [0.2, 0.25) is 5.02 Å². The van der Waals surface area contributed by atoms with Crippen molar-refractivity contribution >= 4 is 40.2 Å². The molecule has 2 N–H and O–H groups in total. The Morgan fingerprint density at radius 3 is 2.74 bits per heavy atom. The van der Waals surface area contributed by atoms with E-state index in [1.165, 1.54) is 10.5 Å². The van der Waals surface area contributed by atoms with Crippen LogP contribution >= 0.6 is 23.4 Å². The molecule has 204 valence electrons. The molecule has 38 heavy (non-hydrogen) atoms. The first-order valence-corrected chi connectivity index (χ1v) is 14.6. The van der Waals surface area contributed by atoms with Crippen LogP contribution in [-0.2, 0) is 4.79 Å². The van der Waals surface area contributed by atoms with Gasteiger partial charge < -0.3 is 19.8 Å². The molecular weight excluding hydrogens is 520 g/mol. The first-order chi connectivity index (χ1) is 18.3. The molecule has 2 aromatic carbocycles. The number of carboxylic acids is 1. The van der Waals surface area contributed by atoms with Gasteiger partial charge in [-0.2, -0.15) is 0 Å². The molecule has 0 unspecified atom stereocenters. The lowest BCUT2D eigenvalue weighted by atomic mass is 9.71. The van der Waals surface area contributed by atoms with Gasteiger partial charge in [0.25, 0.3) is 0 Å². The monoisotopic (exact) mass is 556 g/mol. The Morgan fingerprint density at radius 2 is 2.03 bits per heavy atom. The van der Waals surface area contributed by atoms with Crippen molar-refractivity contribution in [2.75, 3.05) is 32.5 Å². The van der Waals surface area contributed by atoms with Gasteiger partial charge in [0.15, 0.2) is 0 Å². The van der Waals surface area contributed by atoms with Crippen molar-refractivity contribution < 1.29 is 19.7 Å². The number of likely N-dealkylation sites (tertiary alicyclic amines) is 1. The van der Waals surface area contributed by atoms with Crippen LogP contribution in [0.15, 0.2) is 53.6 Å². The molecule has 3 aromatic rings. The zero-order valence-electron chi connectivity index (χ0n) is 22.2. The number of hydrogen-bond donors (Lipinski definition) is 2. The maximum atomic E-state index is 11.8. The number of pyridine rings is 1. The lowest BCUT2D eigenvalue weighted by molar-refractivity contribution is -0.141. The second-order valence-corrected chi connectivity index (χ2v) is 12.0. The zero-order valence-corrected chi connectivity index (χ0v) is 23.7. The number of aliphatic carboxylic acids is 1. The molecule has 1 atom stereocenters. The van der Waals surface area contributed by atoms with Crippen LogP contribution in [0.4, 0.5) is 0 Å². The summed E-state index contributed by atoms with van der Waals surface area (Å²) >= 11 is 8.38. The Morgan fingerprint density at radius 1 is 1.24 bits per heavy atom. The van der Waals surface area contributed by atoms with Crippen LogP contribution in [0.1, 0.15) is 55.8 Å². The van der Waals surface area contributed by atoms with E-state index < -0.39 is 12.1 Å². The number of thioether (sulfide) groups is 1. The normalized spacial score (nSPS) is 16.4. The molecule has 8 heteroatoms. The standard InChI is InChI=1S/C30H37ClN2O4S/c1-21-5-3-6-23(17-21)38-16-4-13-33-14-11-30(12-15-33,19-28(35)36)10-9-27(34)29-24-18-22(37-2)7-8-26(24)32-20-25(29)31/h3,5-8,17-18,20,27,34H,4,9-16,19H2,1-2H3,(H,35,36)/t27-/m0/s1. The quantitative estimate of drug-likeness (QED) is 0.188. The van der Waals surface area contributed by atoms with Crippen molar-refractivity contribution in [3.05, 3.63) is 64.8 Å². The molecule has 1 aliphatic heterocycles. The average Bonchev–Trinajstić information content (AvgIpc) is 2.90. The maximum absolute atomic E-state index is 11.8. The number of ether oxygens (including phenoxy) is 1. The predicted octanol–water partition coefficient (Wildman–Crippen LogP) is 6.76. The molecule has 0 radical (unpaired) electrons. The maximum Gasteiger partial charge on any atom is 0.303 e. The lowest BCUT2D eigenvalue weighted by Crippen LogP contribution is -2.41. The summed E-state index contributed by atoms with van der Waals surface area (Å²) in [5.74, 6) is 0.958. The number of nitrogens with zero attached hydrogens (tertiary/aromatic N) is 2. The van der Waals surface area contributed by atoms with Gasteiger partial charge in [0.05, 0.1) is 30.2 Å². The van der Waals surface area contributed by atoms with Crippen LogP contribution in [0.3, 0.4) is 0 Å². The van der Waals surface area contributed by atoms with E-state index in [2.05, 4.69) is 41.1 Å². The number of piperidine rings is 1. The van der Waals surface area contributed by atoms with Crippen molar-refractivity contribution in [2.24, 2.45) is 5.41 Å². The Bertz CT molecular complexity index is 1250. The fraction of sp³-hybridized carbons (Fsp3) is 0.467. The molecule has 1 aliphatic rings. The Hall–Kier alpha value is -2.32. The molecule has 1 aromatic heterocycles. The third kappa shape index (κ3) is 7.41. The van der Waals surface area contributed by atoms with Crippen molar-refractivity contribution in [2.45, 2.75) is 56.4 Å². The summed E-state index contributed by atoms with van der Waals surface area (Å²) in [7, 11) is 1.60. The highest BCUT2D eigenvalue weighted by Crippen LogP contribution is 2.43. The smallest absolute Gasteiger partial charge is 0.303 e. The topological polar surface area (TPSA) is 82.9 Å². The third-order valence-electron chi connectivity index (χ3n) is 7.67. The highest BCUT2D eigenvalue weighted by Gasteiger charge is 2.37. The number of halogens is 1. The van der Waals surface area contributed by atoms with E-state index in [0.29, 0.717) is 29.2 Å². The van der Waals surface area contributed by atoms with Crippen molar-refractivity contribution in [3.8, 4) is 5.75 Å². The number of carboxylic acid groups (broad SMARTS) is 1. The number of aromatic nitrogens is 1. The van der Waals surface area contributed by atoms with Crippen molar-refractivity contribution in [1.82, 2.24) is 9.88 Å². The summed E-state index contributed by atoms with van der Waals surface area (Å²) in [6.07, 6.45) is 4.67. The third-order valence-corrected chi connectivity index (χ3v) is 9.05. The fourth-order valence-corrected chi connectivity index (χ4v) is 6.72. The number of fused-ring (bicyclic) bond motifs is 1. The van der Waals surface area contributed by atoms with Gasteiger partial charge >= 0.3 is 5.97 Å². The Labute approximate surface area is 234 Å². The lowest BCUT2D eigenvalue weighted by Gasteiger charge is -2.41. The molecule has 6 nitrogen and oxygen atoms in total. The van der Waals surface area contributed by atoms with Gasteiger partial charge in [0, 0.05) is 22.0 Å². The van der Waals surface area contributed by atoms with Gasteiger partial charge in [-0.1, -0.05) is 29.3 Å². The van der Waals surface area contributed by atoms with Gasteiger partial charge in [-0.15, -0.1) is 11.8 Å². The van der Waals surface area contributed by atoms with E-state index in [-0.39, 0.29) is 11.8 Å². The minimum Gasteiger partial charge on any atom is -0.497 e. The number of aliphatic hydroxyl groups excluding tert-OH is 1. The molecular formula is C30H37ClN2O4S. The highest BCUT2D eigenvalue weighted by molar-refractivity contribution is 7.99. The molecule has 4 rings (SSSR count). The van der Waals surface area contributed by atoms with Gasteiger partial charge in [-0.05, 0) is 100 Å². The van der Waals surface area contributed by atoms with Crippen molar-refractivity contribution in [3.63, 3.8) is 0 Å². The molecule has 1 fully saturated rings. The second-order valence-electron chi connectivity index (χ2n) is 10.4. The summed E-state index contributed by atoms with van der Waals surface area (Å²) in [5, 5.41) is 22.1. The summed E-state index contributed by atoms with van der Waals surface area (Å²) in [4.78, 5) is 20.0. The largest absolute Gasteiger partial charge is 0.497 e. The SMILES string of the molecule is COc1ccc2ncc(Cl)c([C@@H](O)CCC3(CC(=O)O)CCN(CCCSc4cccc(C)c4)CC3)c2c1. The fourth-order valence-electron chi connectivity index (χ4n) is 5.49. The molecule has 0 amide bonds. The molecule has 0 saturated carbocycles. The number of aryl methyl sites for hydroxylation is 1. The van der Waals surface area contributed by atoms with Crippen molar-refractivity contribution in [1.29, 1.82) is 0 Å². The van der Waals surface area contributed by atoms with E-state index >= 15 is 0 Å². The minimum atomic E-state index is -0.817. The zero-order chi connectivity index (χ0) is 27.1. The summed E-state index contributed by atoms with van der Waals surface area (Å²) in [5.41, 5.74) is 2.32. The van der Waals surface area contributed by atoms with Gasteiger partial charge in [0.2, 0.25) is 0 Å². The van der Waals surface area contributed by atoms with E-state index in [1.807, 2.05) is 30.0 Å². The van der Waals surface area contributed by atoms with Crippen LogP contribution in [-0.4, -0.2) is 58.6 Å². The average molecular weight is 557 g/mol. The van der Waals surface area contributed by atoms with Gasteiger partial charge in [-0.3, -0.25) is 9.78 Å². The number of benzene rings is 2. The molecule has 2 heterocycles. The second kappa shape index (κ2) is 13.2. The van der Waals surface area contributed by atoms with Gasteiger partial charge in [-0.25, -0.2) is 0 Å². The number of carbonyl (C=O) groups is 1. The predicted molar refractivity (Wildman–Crippen MR) is 154 cm³/mol.